The molecule has 0 bridgehead atoms. The third kappa shape index (κ3) is 5.62. The molecule has 0 radical (unpaired) electrons. The molecule has 0 fully saturated rings. The van der Waals surface area contributed by atoms with Crippen LogP contribution in [0.15, 0.2) is 53.7 Å². The molecule has 1 aromatic carbocycles. The standard InChI is InChI=1S/C18H24N2O5SSi/c1-27(2,3)13-12-25-14-20(15-8-5-4-6-9-15)26(23,24)17-16(18(21)22)10-7-11-19-17/h4-11H,12-14H2,1-3H3,(H,21,22). The van der Waals surface area contributed by atoms with Crippen LogP contribution in [0.2, 0.25) is 25.7 Å². The summed E-state index contributed by atoms with van der Waals surface area (Å²) in [6.45, 7) is 6.83. The number of carboxylic acids is 1. The molecule has 0 unspecified atom stereocenters. The number of carbonyl (C=O) groups is 1. The second kappa shape index (κ2) is 8.64. The van der Waals surface area contributed by atoms with E-state index in [9.17, 15) is 18.3 Å². The molecule has 0 aliphatic heterocycles. The Morgan fingerprint density at radius 2 is 1.81 bits per heavy atom. The van der Waals surface area contributed by atoms with E-state index in [4.69, 9.17) is 4.74 Å². The molecule has 0 aliphatic carbocycles. The van der Waals surface area contributed by atoms with Crippen LogP contribution >= 0.6 is 0 Å². The number of benzene rings is 1. The summed E-state index contributed by atoms with van der Waals surface area (Å²) in [7, 11) is -5.54. The van der Waals surface area contributed by atoms with Gasteiger partial charge in [-0.3, -0.25) is 0 Å². The summed E-state index contributed by atoms with van der Waals surface area (Å²) in [5.74, 6) is -1.35. The highest BCUT2D eigenvalue weighted by Gasteiger charge is 2.31. The maximum atomic E-state index is 13.2. The van der Waals surface area contributed by atoms with E-state index in [2.05, 4.69) is 24.6 Å². The van der Waals surface area contributed by atoms with E-state index in [1.165, 1.54) is 18.3 Å². The van der Waals surface area contributed by atoms with Crippen LogP contribution in [0.25, 0.3) is 0 Å². The second-order valence-corrected chi connectivity index (χ2v) is 14.6. The van der Waals surface area contributed by atoms with Gasteiger partial charge in [0.05, 0.1) is 11.3 Å². The van der Waals surface area contributed by atoms with Gasteiger partial charge in [-0.05, 0) is 30.3 Å². The predicted octanol–water partition coefficient (Wildman–Crippen LogP) is 3.29. The number of aromatic carboxylic acids is 1. The molecular formula is C18H24N2O5SSi. The van der Waals surface area contributed by atoms with E-state index in [-0.39, 0.29) is 12.3 Å². The summed E-state index contributed by atoms with van der Waals surface area (Å²) in [5.41, 5.74) is 0.00743. The van der Waals surface area contributed by atoms with Crippen molar-refractivity contribution in [3.05, 3.63) is 54.2 Å². The first-order chi connectivity index (χ1) is 12.6. The molecular weight excluding hydrogens is 384 g/mol. The van der Waals surface area contributed by atoms with Crippen LogP contribution in [0.4, 0.5) is 5.69 Å². The number of pyridine rings is 1. The number of nitrogens with zero attached hydrogens (tertiary/aromatic N) is 2. The SMILES string of the molecule is C[Si](C)(C)CCOCN(c1ccccc1)S(=O)(=O)c1ncccc1C(=O)O. The summed E-state index contributed by atoms with van der Waals surface area (Å²) >= 11 is 0. The Labute approximate surface area is 160 Å². The maximum absolute atomic E-state index is 13.2. The Kier molecular flexibility index (Phi) is 6.74. The fraction of sp³-hybridized carbons (Fsp3) is 0.333. The first-order valence-electron chi connectivity index (χ1n) is 8.47. The van der Waals surface area contributed by atoms with Gasteiger partial charge >= 0.3 is 5.97 Å². The zero-order chi connectivity index (χ0) is 20.1. The van der Waals surface area contributed by atoms with Crippen LogP contribution in [0, 0.1) is 0 Å². The van der Waals surface area contributed by atoms with Crippen LogP contribution in [0.1, 0.15) is 10.4 Å². The Morgan fingerprint density at radius 1 is 1.15 bits per heavy atom. The molecule has 0 aliphatic rings. The highest BCUT2D eigenvalue weighted by atomic mass is 32.2. The van der Waals surface area contributed by atoms with Gasteiger partial charge in [-0.1, -0.05) is 37.8 Å². The van der Waals surface area contributed by atoms with Crippen molar-refractivity contribution in [1.82, 2.24) is 4.98 Å². The van der Waals surface area contributed by atoms with Gasteiger partial charge in [0.15, 0.2) is 5.03 Å². The van der Waals surface area contributed by atoms with Crippen molar-refractivity contribution in [2.24, 2.45) is 0 Å². The summed E-state index contributed by atoms with van der Waals surface area (Å²) in [4.78, 5) is 15.3. The van der Waals surface area contributed by atoms with E-state index in [1.54, 1.807) is 30.3 Å². The average Bonchev–Trinajstić information content (AvgIpc) is 2.61. The van der Waals surface area contributed by atoms with Gasteiger partial charge in [-0.15, -0.1) is 0 Å². The molecule has 0 spiro atoms. The fourth-order valence-corrected chi connectivity index (χ4v) is 4.47. The third-order valence-corrected chi connectivity index (χ3v) is 7.20. The summed E-state index contributed by atoms with van der Waals surface area (Å²) < 4.78 is 33.0. The van der Waals surface area contributed by atoms with Crippen LogP contribution in [-0.2, 0) is 14.8 Å². The molecule has 27 heavy (non-hydrogen) atoms. The van der Waals surface area contributed by atoms with Gasteiger partial charge in [-0.25, -0.2) is 14.1 Å². The average molecular weight is 409 g/mol. The molecule has 0 saturated heterocycles. The van der Waals surface area contributed by atoms with Gasteiger partial charge in [0, 0.05) is 20.9 Å². The lowest BCUT2D eigenvalue weighted by Crippen LogP contribution is -2.35. The molecule has 1 heterocycles. The normalized spacial score (nSPS) is 12.0. The topological polar surface area (TPSA) is 96.8 Å². The molecule has 9 heteroatoms. The van der Waals surface area contributed by atoms with E-state index >= 15 is 0 Å². The predicted molar refractivity (Wildman–Crippen MR) is 106 cm³/mol. The van der Waals surface area contributed by atoms with Gasteiger partial charge in [0.25, 0.3) is 10.0 Å². The summed E-state index contributed by atoms with van der Waals surface area (Å²) in [6.07, 6.45) is 1.26. The number of rotatable bonds is 9. The lowest BCUT2D eigenvalue weighted by molar-refractivity contribution is 0.0691. The first-order valence-corrected chi connectivity index (χ1v) is 13.6. The first kappa shape index (κ1) is 21.1. The van der Waals surface area contributed by atoms with Crippen molar-refractivity contribution >= 4 is 29.8 Å². The molecule has 7 nitrogen and oxygen atoms in total. The number of para-hydroxylation sites is 1. The van der Waals surface area contributed by atoms with Crippen molar-refractivity contribution in [2.45, 2.75) is 30.7 Å². The Morgan fingerprint density at radius 3 is 2.41 bits per heavy atom. The molecule has 2 aromatic rings. The molecule has 2 rings (SSSR count). The zero-order valence-electron chi connectivity index (χ0n) is 15.6. The summed E-state index contributed by atoms with van der Waals surface area (Å²) in [5, 5.41) is 8.83. The van der Waals surface area contributed by atoms with Crippen molar-refractivity contribution in [2.75, 3.05) is 17.6 Å². The Bertz CT molecular complexity index is 882. The number of hydrogen-bond donors (Lipinski definition) is 1. The minimum atomic E-state index is -4.22. The van der Waals surface area contributed by atoms with E-state index < -0.39 is 29.1 Å². The zero-order valence-corrected chi connectivity index (χ0v) is 17.4. The fourth-order valence-electron chi connectivity index (χ4n) is 2.27. The van der Waals surface area contributed by atoms with E-state index in [0.29, 0.717) is 12.3 Å². The van der Waals surface area contributed by atoms with Crippen molar-refractivity contribution in [3.63, 3.8) is 0 Å². The number of ether oxygens (including phenoxy) is 1. The number of anilines is 1. The largest absolute Gasteiger partial charge is 0.478 e. The highest BCUT2D eigenvalue weighted by molar-refractivity contribution is 7.92. The molecule has 1 N–H and O–H groups in total. The Hall–Kier alpha value is -2.23. The van der Waals surface area contributed by atoms with Crippen molar-refractivity contribution in [1.29, 1.82) is 0 Å². The van der Waals surface area contributed by atoms with Crippen molar-refractivity contribution in [3.8, 4) is 0 Å². The maximum Gasteiger partial charge on any atom is 0.338 e. The van der Waals surface area contributed by atoms with E-state index in [1.807, 2.05) is 0 Å². The van der Waals surface area contributed by atoms with Gasteiger partial charge in [-0.2, -0.15) is 8.42 Å². The van der Waals surface area contributed by atoms with Gasteiger partial charge in [0.1, 0.15) is 6.73 Å². The minimum absolute atomic E-state index is 0.216. The number of carboxylic acid groups (broad SMARTS) is 1. The number of sulfonamides is 1. The molecule has 1 aromatic heterocycles. The number of hydrogen-bond acceptors (Lipinski definition) is 5. The summed E-state index contributed by atoms with van der Waals surface area (Å²) in [6, 6.07) is 11.9. The second-order valence-electron chi connectivity index (χ2n) is 7.20. The Balaban J connectivity index is 2.37. The lowest BCUT2D eigenvalue weighted by Gasteiger charge is -2.25. The minimum Gasteiger partial charge on any atom is -0.478 e. The monoisotopic (exact) mass is 408 g/mol. The quantitative estimate of drug-likeness (QED) is 0.388. The molecule has 146 valence electrons. The smallest absolute Gasteiger partial charge is 0.338 e. The lowest BCUT2D eigenvalue weighted by atomic mass is 10.3. The molecule has 0 amide bonds. The molecule has 0 saturated carbocycles. The van der Waals surface area contributed by atoms with Gasteiger partial charge in [0.2, 0.25) is 0 Å². The van der Waals surface area contributed by atoms with Crippen molar-refractivity contribution < 1.29 is 23.1 Å². The number of aromatic nitrogens is 1. The van der Waals surface area contributed by atoms with Gasteiger partial charge < -0.3 is 9.84 Å². The third-order valence-electron chi connectivity index (χ3n) is 3.79. The van der Waals surface area contributed by atoms with Crippen LogP contribution in [0.3, 0.4) is 0 Å². The molecule has 0 atom stereocenters. The highest BCUT2D eigenvalue weighted by Crippen LogP contribution is 2.24. The van der Waals surface area contributed by atoms with Crippen LogP contribution in [-0.4, -0.2) is 45.9 Å². The van der Waals surface area contributed by atoms with Crippen LogP contribution in [0.5, 0.6) is 0 Å². The van der Waals surface area contributed by atoms with Crippen LogP contribution < -0.4 is 4.31 Å². The van der Waals surface area contributed by atoms with E-state index in [0.717, 1.165) is 10.3 Å².